The molecule has 23 heavy (non-hydrogen) atoms. The summed E-state index contributed by atoms with van der Waals surface area (Å²) in [6, 6.07) is 17.8. The monoisotopic (exact) mass is 309 g/mol. The third-order valence-corrected chi connectivity index (χ3v) is 3.69. The van der Waals surface area contributed by atoms with Gasteiger partial charge in [0.05, 0.1) is 12.3 Å². The molecule has 0 amide bonds. The Balaban J connectivity index is 1.89. The Hall–Kier alpha value is -2.56. The molecule has 3 aromatic rings. The van der Waals surface area contributed by atoms with E-state index in [-0.39, 0.29) is 12.4 Å². The standard InChI is InChI=1S/C19H16FNO2/c20-17-7-5-14(6-8-17)13-1-3-15(4-2-13)16-9-10-21-18(11-16)19(23)12-22/h1-11,19,22-23H,12H2/t19-/m0/s1. The van der Waals surface area contributed by atoms with Gasteiger partial charge in [-0.3, -0.25) is 4.98 Å². The van der Waals surface area contributed by atoms with Crippen molar-refractivity contribution in [2.75, 3.05) is 6.61 Å². The zero-order chi connectivity index (χ0) is 16.2. The molecular formula is C19H16FNO2. The number of rotatable bonds is 4. The molecule has 1 heterocycles. The quantitative estimate of drug-likeness (QED) is 0.774. The average Bonchev–Trinajstić information content (AvgIpc) is 2.62. The summed E-state index contributed by atoms with van der Waals surface area (Å²) in [7, 11) is 0. The van der Waals surface area contributed by atoms with Gasteiger partial charge >= 0.3 is 0 Å². The van der Waals surface area contributed by atoms with Crippen LogP contribution in [0.1, 0.15) is 11.8 Å². The smallest absolute Gasteiger partial charge is 0.123 e. The second-order valence-corrected chi connectivity index (χ2v) is 5.25. The Labute approximate surface area is 133 Å². The van der Waals surface area contributed by atoms with E-state index in [9.17, 15) is 9.50 Å². The van der Waals surface area contributed by atoms with Gasteiger partial charge in [0.15, 0.2) is 0 Å². The molecule has 0 spiro atoms. The SMILES string of the molecule is OC[C@H](O)c1cc(-c2ccc(-c3ccc(F)cc3)cc2)ccn1. The second kappa shape index (κ2) is 6.69. The molecule has 2 N–H and O–H groups in total. The van der Waals surface area contributed by atoms with Gasteiger partial charge in [-0.15, -0.1) is 0 Å². The van der Waals surface area contributed by atoms with Crippen molar-refractivity contribution in [2.24, 2.45) is 0 Å². The summed E-state index contributed by atoms with van der Waals surface area (Å²) in [6.07, 6.45) is 0.630. The first-order valence-electron chi connectivity index (χ1n) is 7.28. The van der Waals surface area contributed by atoms with Crippen molar-refractivity contribution >= 4 is 0 Å². The van der Waals surface area contributed by atoms with Crippen LogP contribution in [0.25, 0.3) is 22.3 Å². The average molecular weight is 309 g/mol. The summed E-state index contributed by atoms with van der Waals surface area (Å²) in [5.74, 6) is -0.253. The minimum Gasteiger partial charge on any atom is -0.393 e. The fourth-order valence-corrected chi connectivity index (χ4v) is 2.40. The third kappa shape index (κ3) is 3.44. The summed E-state index contributed by atoms with van der Waals surface area (Å²) in [4.78, 5) is 4.06. The lowest BCUT2D eigenvalue weighted by Gasteiger charge is -2.09. The van der Waals surface area contributed by atoms with E-state index in [4.69, 9.17) is 5.11 Å². The lowest BCUT2D eigenvalue weighted by molar-refractivity contribution is 0.0923. The molecule has 1 atom stereocenters. The van der Waals surface area contributed by atoms with Crippen LogP contribution in [-0.2, 0) is 0 Å². The van der Waals surface area contributed by atoms with Gasteiger partial charge in [0.1, 0.15) is 11.9 Å². The Morgan fingerprint density at radius 2 is 1.35 bits per heavy atom. The number of aliphatic hydroxyl groups is 2. The van der Waals surface area contributed by atoms with Crippen LogP contribution >= 0.6 is 0 Å². The van der Waals surface area contributed by atoms with Crippen LogP contribution in [0, 0.1) is 5.82 Å². The highest BCUT2D eigenvalue weighted by molar-refractivity contribution is 5.70. The van der Waals surface area contributed by atoms with Crippen LogP contribution in [0.5, 0.6) is 0 Å². The molecule has 0 aliphatic rings. The van der Waals surface area contributed by atoms with Gasteiger partial charge in [0, 0.05) is 6.20 Å². The van der Waals surface area contributed by atoms with Crippen molar-refractivity contribution in [1.29, 1.82) is 0 Å². The van der Waals surface area contributed by atoms with E-state index in [0.717, 1.165) is 22.3 Å². The highest BCUT2D eigenvalue weighted by atomic mass is 19.1. The Morgan fingerprint density at radius 3 is 1.91 bits per heavy atom. The Kier molecular flexibility index (Phi) is 4.46. The third-order valence-electron chi connectivity index (χ3n) is 3.69. The number of aliphatic hydroxyl groups excluding tert-OH is 2. The highest BCUT2D eigenvalue weighted by Gasteiger charge is 2.09. The molecule has 0 fully saturated rings. The number of halogens is 1. The molecule has 0 bridgehead atoms. The first-order valence-corrected chi connectivity index (χ1v) is 7.28. The molecular weight excluding hydrogens is 293 g/mol. The van der Waals surface area contributed by atoms with E-state index in [2.05, 4.69) is 4.98 Å². The lowest BCUT2D eigenvalue weighted by Crippen LogP contribution is -2.04. The van der Waals surface area contributed by atoms with Crippen LogP contribution in [0.15, 0.2) is 66.9 Å². The van der Waals surface area contributed by atoms with Gasteiger partial charge in [-0.2, -0.15) is 0 Å². The van der Waals surface area contributed by atoms with E-state index < -0.39 is 6.10 Å². The molecule has 0 radical (unpaired) electrons. The van der Waals surface area contributed by atoms with Crippen molar-refractivity contribution in [2.45, 2.75) is 6.10 Å². The molecule has 0 aliphatic carbocycles. The molecule has 0 saturated carbocycles. The topological polar surface area (TPSA) is 53.4 Å². The predicted octanol–water partition coefficient (Wildman–Crippen LogP) is 3.58. The van der Waals surface area contributed by atoms with Crippen LogP contribution in [0.2, 0.25) is 0 Å². The van der Waals surface area contributed by atoms with Gasteiger partial charge in [-0.1, -0.05) is 36.4 Å². The number of hydrogen-bond acceptors (Lipinski definition) is 3. The largest absolute Gasteiger partial charge is 0.393 e. The molecule has 3 nitrogen and oxygen atoms in total. The summed E-state index contributed by atoms with van der Waals surface area (Å²) in [6.45, 7) is -0.361. The second-order valence-electron chi connectivity index (χ2n) is 5.25. The van der Waals surface area contributed by atoms with Crippen molar-refractivity contribution < 1.29 is 14.6 Å². The van der Waals surface area contributed by atoms with Crippen molar-refractivity contribution in [3.05, 3.63) is 78.4 Å². The predicted molar refractivity (Wildman–Crippen MR) is 87.1 cm³/mol. The molecule has 116 valence electrons. The summed E-state index contributed by atoms with van der Waals surface area (Å²) in [5, 5.41) is 18.7. The van der Waals surface area contributed by atoms with Gasteiger partial charge in [-0.25, -0.2) is 4.39 Å². The van der Waals surface area contributed by atoms with E-state index >= 15 is 0 Å². The molecule has 0 aliphatic heterocycles. The number of hydrogen-bond donors (Lipinski definition) is 2. The summed E-state index contributed by atoms with van der Waals surface area (Å²) < 4.78 is 13.0. The van der Waals surface area contributed by atoms with Gasteiger partial charge in [0.25, 0.3) is 0 Å². The van der Waals surface area contributed by atoms with Crippen LogP contribution < -0.4 is 0 Å². The summed E-state index contributed by atoms with van der Waals surface area (Å²) in [5.41, 5.74) is 4.27. The fraction of sp³-hybridized carbons (Fsp3) is 0.105. The molecule has 2 aromatic carbocycles. The molecule has 1 aromatic heterocycles. The Morgan fingerprint density at radius 1 is 0.826 bits per heavy atom. The zero-order valence-corrected chi connectivity index (χ0v) is 12.4. The van der Waals surface area contributed by atoms with Crippen LogP contribution in [0.3, 0.4) is 0 Å². The number of aromatic nitrogens is 1. The van der Waals surface area contributed by atoms with E-state index in [1.807, 2.05) is 30.3 Å². The molecule has 3 rings (SSSR count). The zero-order valence-electron chi connectivity index (χ0n) is 12.4. The van der Waals surface area contributed by atoms with Gasteiger partial charge < -0.3 is 10.2 Å². The minimum atomic E-state index is -0.978. The number of nitrogens with zero attached hydrogens (tertiary/aromatic N) is 1. The maximum Gasteiger partial charge on any atom is 0.123 e. The Bertz CT molecular complexity index is 785. The van der Waals surface area contributed by atoms with Crippen molar-refractivity contribution in [1.82, 2.24) is 4.98 Å². The first kappa shape index (κ1) is 15.3. The van der Waals surface area contributed by atoms with Crippen LogP contribution in [-0.4, -0.2) is 21.8 Å². The van der Waals surface area contributed by atoms with Crippen molar-refractivity contribution in [3.8, 4) is 22.3 Å². The van der Waals surface area contributed by atoms with Gasteiger partial charge in [0.2, 0.25) is 0 Å². The number of benzene rings is 2. The summed E-state index contributed by atoms with van der Waals surface area (Å²) >= 11 is 0. The highest BCUT2D eigenvalue weighted by Crippen LogP contribution is 2.26. The van der Waals surface area contributed by atoms with E-state index in [0.29, 0.717) is 5.69 Å². The van der Waals surface area contributed by atoms with Crippen LogP contribution in [0.4, 0.5) is 4.39 Å². The molecule has 0 unspecified atom stereocenters. The fourth-order valence-electron chi connectivity index (χ4n) is 2.40. The lowest BCUT2D eigenvalue weighted by atomic mass is 10.00. The maximum absolute atomic E-state index is 13.0. The molecule has 4 heteroatoms. The first-order chi connectivity index (χ1) is 11.2. The van der Waals surface area contributed by atoms with Crippen molar-refractivity contribution in [3.63, 3.8) is 0 Å². The van der Waals surface area contributed by atoms with Gasteiger partial charge in [-0.05, 0) is 46.5 Å². The van der Waals surface area contributed by atoms with E-state index in [1.165, 1.54) is 12.1 Å². The minimum absolute atomic E-state index is 0.253. The van der Waals surface area contributed by atoms with E-state index in [1.54, 1.807) is 24.4 Å². The normalized spacial score (nSPS) is 12.1. The maximum atomic E-state index is 13.0. The number of pyridine rings is 1. The molecule has 0 saturated heterocycles.